The zero-order valence-electron chi connectivity index (χ0n) is 11.8. The molecule has 1 aliphatic rings. The highest BCUT2D eigenvalue weighted by molar-refractivity contribution is 5.66. The summed E-state index contributed by atoms with van der Waals surface area (Å²) in [5.74, 6) is -0.683. The van der Waals surface area contributed by atoms with Gasteiger partial charge in [0, 0.05) is 6.92 Å². The molecule has 0 amide bonds. The highest BCUT2D eigenvalue weighted by atomic mass is 16.7. The molecule has 0 aromatic rings. The maximum absolute atomic E-state index is 10.9. The maximum atomic E-state index is 10.9. The van der Waals surface area contributed by atoms with Crippen molar-refractivity contribution < 1.29 is 34.7 Å². The fourth-order valence-corrected chi connectivity index (χ4v) is 2.22. The van der Waals surface area contributed by atoms with Crippen LogP contribution in [0.25, 0.3) is 0 Å². The predicted molar refractivity (Wildman–Crippen MR) is 68.6 cm³/mol. The van der Waals surface area contributed by atoms with E-state index in [2.05, 4.69) is 0 Å². The molecule has 6 atom stereocenters. The van der Waals surface area contributed by atoms with Crippen LogP contribution < -0.4 is 0 Å². The van der Waals surface area contributed by atoms with E-state index in [1.807, 2.05) is 6.92 Å². The highest BCUT2D eigenvalue weighted by Crippen LogP contribution is 2.26. The molecular formula is C13H24O7. The van der Waals surface area contributed by atoms with E-state index < -0.39 is 42.8 Å². The topological polar surface area (TPSA) is 116 Å². The second-order valence-electron chi connectivity index (χ2n) is 5.11. The number of unbranched alkanes of at least 4 members (excludes halogenated alkanes) is 2. The summed E-state index contributed by atoms with van der Waals surface area (Å²) in [5.41, 5.74) is 0. The van der Waals surface area contributed by atoms with Gasteiger partial charge < -0.3 is 29.9 Å². The van der Waals surface area contributed by atoms with E-state index in [9.17, 15) is 25.2 Å². The van der Waals surface area contributed by atoms with Crippen molar-refractivity contribution in [2.45, 2.75) is 76.3 Å². The Morgan fingerprint density at radius 3 is 2.40 bits per heavy atom. The van der Waals surface area contributed by atoms with Gasteiger partial charge in [0.05, 0.1) is 6.10 Å². The molecule has 20 heavy (non-hydrogen) atoms. The van der Waals surface area contributed by atoms with Gasteiger partial charge in [-0.25, -0.2) is 0 Å². The summed E-state index contributed by atoms with van der Waals surface area (Å²) < 4.78 is 9.97. The van der Waals surface area contributed by atoms with Crippen molar-refractivity contribution >= 4 is 5.97 Å². The Bertz CT molecular complexity index is 309. The first kappa shape index (κ1) is 17.3. The van der Waals surface area contributed by atoms with Crippen LogP contribution in [0.15, 0.2) is 0 Å². The van der Waals surface area contributed by atoms with Crippen molar-refractivity contribution in [2.75, 3.05) is 0 Å². The van der Waals surface area contributed by atoms with Gasteiger partial charge in [0.1, 0.15) is 24.4 Å². The van der Waals surface area contributed by atoms with Crippen LogP contribution >= 0.6 is 0 Å². The monoisotopic (exact) mass is 292 g/mol. The fourth-order valence-electron chi connectivity index (χ4n) is 2.22. The zero-order chi connectivity index (χ0) is 15.3. The predicted octanol–water partition coefficient (Wildman–Crippen LogP) is -0.702. The number of hydrogen-bond donors (Lipinski definition) is 4. The van der Waals surface area contributed by atoms with Gasteiger partial charge in [-0.2, -0.15) is 0 Å². The van der Waals surface area contributed by atoms with Crippen molar-refractivity contribution in [2.24, 2.45) is 0 Å². The lowest BCUT2D eigenvalue weighted by Gasteiger charge is -2.41. The Labute approximate surface area is 118 Å². The molecule has 1 aliphatic heterocycles. The molecule has 0 saturated carbocycles. The Balaban J connectivity index is 2.66. The summed E-state index contributed by atoms with van der Waals surface area (Å²) in [6.45, 7) is 3.16. The summed E-state index contributed by atoms with van der Waals surface area (Å²) in [6, 6.07) is 0. The van der Waals surface area contributed by atoms with Crippen molar-refractivity contribution in [3.63, 3.8) is 0 Å². The zero-order valence-corrected chi connectivity index (χ0v) is 11.8. The molecule has 0 aromatic carbocycles. The largest absolute Gasteiger partial charge is 0.433 e. The number of esters is 1. The first-order valence-electron chi connectivity index (χ1n) is 6.93. The van der Waals surface area contributed by atoms with E-state index in [0.717, 1.165) is 26.2 Å². The molecule has 0 aliphatic carbocycles. The Morgan fingerprint density at radius 1 is 1.20 bits per heavy atom. The number of aliphatic hydroxyl groups excluding tert-OH is 4. The van der Waals surface area contributed by atoms with E-state index >= 15 is 0 Å². The molecule has 7 heteroatoms. The fraction of sp³-hybridized carbons (Fsp3) is 0.923. The standard InChI is InChI=1S/C13H24O7/c1-3-4-5-6-8(15)12-10(17)9(16)11(18)13(20-12)19-7(2)14/h8-13,15-18H,3-6H2,1-2H3/t8?,9-,10-,11+,12+,13+/m0/s1. The molecule has 0 aromatic heterocycles. The van der Waals surface area contributed by atoms with Crippen LogP contribution in [0.3, 0.4) is 0 Å². The van der Waals surface area contributed by atoms with Gasteiger partial charge in [-0.15, -0.1) is 0 Å². The third kappa shape index (κ3) is 4.39. The third-order valence-electron chi connectivity index (χ3n) is 3.37. The molecule has 4 N–H and O–H groups in total. The molecule has 1 fully saturated rings. The Hall–Kier alpha value is -0.730. The van der Waals surface area contributed by atoms with Gasteiger partial charge in [0.2, 0.25) is 6.29 Å². The second-order valence-corrected chi connectivity index (χ2v) is 5.11. The average Bonchev–Trinajstić information content (AvgIpc) is 2.39. The lowest BCUT2D eigenvalue weighted by Crippen LogP contribution is -2.61. The maximum Gasteiger partial charge on any atom is 0.305 e. The number of ether oxygens (including phenoxy) is 2. The molecule has 7 nitrogen and oxygen atoms in total. The van der Waals surface area contributed by atoms with Crippen LogP contribution in [-0.2, 0) is 14.3 Å². The van der Waals surface area contributed by atoms with E-state index in [1.165, 1.54) is 0 Å². The minimum atomic E-state index is -1.55. The summed E-state index contributed by atoms with van der Waals surface area (Å²) in [5, 5.41) is 39.3. The van der Waals surface area contributed by atoms with Gasteiger partial charge in [-0.1, -0.05) is 26.2 Å². The molecule has 1 saturated heterocycles. The van der Waals surface area contributed by atoms with Crippen molar-refractivity contribution in [3.8, 4) is 0 Å². The molecule has 118 valence electrons. The number of hydrogen-bond acceptors (Lipinski definition) is 7. The molecular weight excluding hydrogens is 268 g/mol. The first-order chi connectivity index (χ1) is 9.38. The van der Waals surface area contributed by atoms with E-state index in [-0.39, 0.29) is 0 Å². The van der Waals surface area contributed by atoms with E-state index in [4.69, 9.17) is 9.47 Å². The normalized spacial score (nSPS) is 35.6. The van der Waals surface area contributed by atoms with Gasteiger partial charge in [-0.05, 0) is 6.42 Å². The minimum absolute atomic E-state index is 0.394. The quantitative estimate of drug-likeness (QED) is 0.378. The van der Waals surface area contributed by atoms with Crippen LogP contribution in [0.4, 0.5) is 0 Å². The van der Waals surface area contributed by atoms with Crippen molar-refractivity contribution in [1.29, 1.82) is 0 Å². The third-order valence-corrected chi connectivity index (χ3v) is 3.37. The average molecular weight is 292 g/mol. The minimum Gasteiger partial charge on any atom is -0.433 e. The van der Waals surface area contributed by atoms with Crippen molar-refractivity contribution in [1.82, 2.24) is 0 Å². The molecule has 1 heterocycles. The number of carbonyl (C=O) groups excluding carboxylic acids is 1. The Morgan fingerprint density at radius 2 is 1.85 bits per heavy atom. The molecule has 0 radical (unpaired) electrons. The van der Waals surface area contributed by atoms with Gasteiger partial charge in [-0.3, -0.25) is 4.79 Å². The number of rotatable bonds is 6. The molecule has 1 unspecified atom stereocenters. The van der Waals surface area contributed by atoms with Gasteiger partial charge in [0.15, 0.2) is 0 Å². The molecule has 1 rings (SSSR count). The Kier molecular flexibility index (Phi) is 6.84. The first-order valence-corrected chi connectivity index (χ1v) is 6.93. The van der Waals surface area contributed by atoms with Crippen molar-refractivity contribution in [3.05, 3.63) is 0 Å². The van der Waals surface area contributed by atoms with E-state index in [0.29, 0.717) is 6.42 Å². The van der Waals surface area contributed by atoms with Crippen LogP contribution in [0.1, 0.15) is 39.5 Å². The lowest BCUT2D eigenvalue weighted by molar-refractivity contribution is -0.301. The summed E-state index contributed by atoms with van der Waals surface area (Å²) in [4.78, 5) is 10.9. The van der Waals surface area contributed by atoms with Crippen LogP contribution in [0, 0.1) is 0 Å². The lowest BCUT2D eigenvalue weighted by atomic mass is 9.93. The van der Waals surface area contributed by atoms with Gasteiger partial charge in [0.25, 0.3) is 0 Å². The molecule has 0 bridgehead atoms. The smallest absolute Gasteiger partial charge is 0.305 e. The SMILES string of the molecule is CCCCCC(O)[C@H]1O[C@@H](OC(C)=O)[C@H](O)[C@@H](O)[C@@H]1O. The van der Waals surface area contributed by atoms with Crippen LogP contribution in [-0.4, -0.2) is 63.2 Å². The van der Waals surface area contributed by atoms with E-state index in [1.54, 1.807) is 0 Å². The van der Waals surface area contributed by atoms with Gasteiger partial charge >= 0.3 is 5.97 Å². The highest BCUT2D eigenvalue weighted by Gasteiger charge is 2.47. The molecule has 0 spiro atoms. The van der Waals surface area contributed by atoms with Crippen LogP contribution in [0.5, 0.6) is 0 Å². The number of aliphatic hydroxyl groups is 4. The summed E-state index contributed by atoms with van der Waals surface area (Å²) >= 11 is 0. The van der Waals surface area contributed by atoms with Crippen LogP contribution in [0.2, 0.25) is 0 Å². The summed E-state index contributed by atoms with van der Waals surface area (Å²) in [7, 11) is 0. The second kappa shape index (κ2) is 7.90. The number of carbonyl (C=O) groups is 1. The summed E-state index contributed by atoms with van der Waals surface area (Å²) in [6.07, 6.45) is -4.97.